The molecule has 0 saturated heterocycles. The number of allylic oxidation sites excluding steroid dienone is 2. The Morgan fingerprint density at radius 3 is 2.86 bits per heavy atom. The highest BCUT2D eigenvalue weighted by atomic mass is 19.1. The van der Waals surface area contributed by atoms with Gasteiger partial charge in [-0.2, -0.15) is 4.98 Å². The third kappa shape index (κ3) is 3.66. The molecule has 1 N–H and O–H groups in total. The molecule has 0 aromatic carbocycles. The SMILES string of the molecule is C/C(F)=C/CCCc1cc(=O)oc2nc(C(C)F)[nH]c(=O)c12. The number of aryl methyl sites for hydroxylation is 1. The predicted molar refractivity (Wildman–Crippen MR) is 78.2 cm³/mol. The second-order valence-corrected chi connectivity index (χ2v) is 5.02. The van der Waals surface area contributed by atoms with Gasteiger partial charge in [-0.15, -0.1) is 0 Å². The van der Waals surface area contributed by atoms with Gasteiger partial charge < -0.3 is 9.40 Å². The van der Waals surface area contributed by atoms with Crippen LogP contribution in [0.25, 0.3) is 11.1 Å². The highest BCUT2D eigenvalue weighted by Gasteiger charge is 2.15. The average molecular weight is 310 g/mol. The van der Waals surface area contributed by atoms with E-state index < -0.39 is 17.4 Å². The average Bonchev–Trinajstić information content (AvgIpc) is 2.42. The van der Waals surface area contributed by atoms with Gasteiger partial charge in [0.2, 0.25) is 5.71 Å². The third-order valence-corrected chi connectivity index (χ3v) is 3.17. The Morgan fingerprint density at radius 1 is 1.50 bits per heavy atom. The normalized spacial score (nSPS) is 13.5. The van der Waals surface area contributed by atoms with E-state index in [4.69, 9.17) is 4.42 Å². The molecule has 0 fully saturated rings. The molecule has 0 aliphatic rings. The van der Waals surface area contributed by atoms with Gasteiger partial charge in [0.25, 0.3) is 5.56 Å². The van der Waals surface area contributed by atoms with E-state index in [1.165, 1.54) is 26.0 Å². The van der Waals surface area contributed by atoms with Gasteiger partial charge in [0.1, 0.15) is 11.2 Å². The van der Waals surface area contributed by atoms with Gasteiger partial charge in [-0.05, 0) is 38.7 Å². The van der Waals surface area contributed by atoms with Crippen molar-refractivity contribution in [3.63, 3.8) is 0 Å². The minimum absolute atomic E-state index is 0.130. The summed E-state index contributed by atoms with van der Waals surface area (Å²) in [6.07, 6.45) is 1.37. The zero-order valence-corrected chi connectivity index (χ0v) is 12.3. The van der Waals surface area contributed by atoms with Gasteiger partial charge in [0.15, 0.2) is 6.17 Å². The summed E-state index contributed by atoms with van der Waals surface area (Å²) in [5, 5.41) is 0.130. The summed E-state index contributed by atoms with van der Waals surface area (Å²) < 4.78 is 30.8. The van der Waals surface area contributed by atoms with E-state index in [1.807, 2.05) is 0 Å². The number of aromatic nitrogens is 2. The van der Waals surface area contributed by atoms with Crippen LogP contribution < -0.4 is 11.2 Å². The van der Waals surface area contributed by atoms with Crippen molar-refractivity contribution in [3.05, 3.63) is 50.1 Å². The van der Waals surface area contributed by atoms with Crippen molar-refractivity contribution < 1.29 is 13.2 Å². The molecule has 0 spiro atoms. The molecule has 0 radical (unpaired) electrons. The molecule has 0 bridgehead atoms. The van der Waals surface area contributed by atoms with Gasteiger partial charge in [0, 0.05) is 6.07 Å². The fourth-order valence-electron chi connectivity index (χ4n) is 2.14. The zero-order valence-electron chi connectivity index (χ0n) is 12.3. The molecule has 118 valence electrons. The van der Waals surface area contributed by atoms with Crippen molar-refractivity contribution in [2.75, 3.05) is 0 Å². The van der Waals surface area contributed by atoms with E-state index in [1.54, 1.807) is 0 Å². The molecule has 1 atom stereocenters. The lowest BCUT2D eigenvalue weighted by Crippen LogP contribution is -2.16. The molecule has 0 aliphatic heterocycles. The maximum atomic E-state index is 13.3. The summed E-state index contributed by atoms with van der Waals surface area (Å²) in [6.45, 7) is 2.57. The maximum Gasteiger partial charge on any atom is 0.337 e. The lowest BCUT2D eigenvalue weighted by Gasteiger charge is -2.06. The summed E-state index contributed by atoms with van der Waals surface area (Å²) in [4.78, 5) is 29.8. The van der Waals surface area contributed by atoms with Gasteiger partial charge in [-0.3, -0.25) is 4.79 Å². The van der Waals surface area contributed by atoms with E-state index >= 15 is 0 Å². The summed E-state index contributed by atoms with van der Waals surface area (Å²) in [7, 11) is 0. The molecule has 2 aromatic heterocycles. The number of alkyl halides is 1. The predicted octanol–water partition coefficient (Wildman–Crippen LogP) is 3.10. The first-order valence-corrected chi connectivity index (χ1v) is 6.91. The number of fused-ring (bicyclic) bond motifs is 1. The van der Waals surface area contributed by atoms with Crippen LogP contribution in [0.5, 0.6) is 0 Å². The fourth-order valence-corrected chi connectivity index (χ4v) is 2.14. The van der Waals surface area contributed by atoms with Crippen LogP contribution in [0.3, 0.4) is 0 Å². The molecule has 0 amide bonds. The van der Waals surface area contributed by atoms with Crippen LogP contribution in [0.1, 0.15) is 44.2 Å². The van der Waals surface area contributed by atoms with E-state index in [0.29, 0.717) is 24.8 Å². The van der Waals surface area contributed by atoms with Gasteiger partial charge in [-0.1, -0.05) is 6.08 Å². The Labute approximate surface area is 124 Å². The standard InChI is InChI=1S/C15H16F2N2O3/c1-8(16)5-3-4-6-10-7-11(20)22-15-12(10)14(21)18-13(19-15)9(2)17/h5,7,9H,3-4,6H2,1-2H3,(H,18,19,21)/b8-5-. The molecule has 2 heterocycles. The number of nitrogens with one attached hydrogen (secondary N) is 1. The van der Waals surface area contributed by atoms with E-state index in [-0.39, 0.29) is 22.8 Å². The first-order valence-electron chi connectivity index (χ1n) is 6.91. The lowest BCUT2D eigenvalue weighted by atomic mass is 10.1. The first kappa shape index (κ1) is 16.1. The number of nitrogens with zero attached hydrogens (tertiary/aromatic N) is 1. The summed E-state index contributed by atoms with van der Waals surface area (Å²) in [5.41, 5.74) is -0.929. The zero-order chi connectivity index (χ0) is 16.3. The van der Waals surface area contributed by atoms with E-state index in [2.05, 4.69) is 9.97 Å². The van der Waals surface area contributed by atoms with E-state index in [0.717, 1.165) is 0 Å². The second kappa shape index (κ2) is 6.64. The third-order valence-electron chi connectivity index (χ3n) is 3.17. The van der Waals surface area contributed by atoms with Crippen LogP contribution in [0.15, 0.2) is 32.0 Å². The number of H-pyrrole nitrogens is 1. The highest BCUT2D eigenvalue weighted by molar-refractivity contribution is 5.75. The number of hydrogen-bond donors (Lipinski definition) is 1. The van der Waals surface area contributed by atoms with Crippen LogP contribution in [0.4, 0.5) is 8.78 Å². The topological polar surface area (TPSA) is 76.0 Å². The molecule has 2 aromatic rings. The molecule has 2 rings (SSSR count). The number of unbranched alkanes of at least 4 members (excludes halogenated alkanes) is 1. The molecular weight excluding hydrogens is 294 g/mol. The monoisotopic (exact) mass is 310 g/mol. The molecule has 7 heteroatoms. The fraction of sp³-hybridized carbons (Fsp3) is 0.400. The summed E-state index contributed by atoms with van der Waals surface area (Å²) in [6, 6.07) is 1.21. The number of hydrogen-bond acceptors (Lipinski definition) is 4. The number of halogens is 2. The van der Waals surface area contributed by atoms with Crippen molar-refractivity contribution in [2.24, 2.45) is 0 Å². The first-order chi connectivity index (χ1) is 10.4. The Balaban J connectivity index is 2.44. The van der Waals surface area contributed by atoms with Crippen LogP contribution in [0, 0.1) is 0 Å². The second-order valence-electron chi connectivity index (χ2n) is 5.02. The Morgan fingerprint density at radius 2 is 2.23 bits per heavy atom. The maximum absolute atomic E-state index is 13.3. The molecule has 5 nitrogen and oxygen atoms in total. The van der Waals surface area contributed by atoms with Crippen molar-refractivity contribution in [1.29, 1.82) is 0 Å². The van der Waals surface area contributed by atoms with Crippen molar-refractivity contribution >= 4 is 11.1 Å². The molecule has 0 aliphatic carbocycles. The minimum atomic E-state index is -1.48. The van der Waals surface area contributed by atoms with Crippen LogP contribution in [-0.2, 0) is 6.42 Å². The molecule has 0 saturated carbocycles. The van der Waals surface area contributed by atoms with E-state index in [9.17, 15) is 18.4 Å². The van der Waals surface area contributed by atoms with Crippen LogP contribution in [0.2, 0.25) is 0 Å². The molecule has 22 heavy (non-hydrogen) atoms. The number of aromatic amines is 1. The smallest absolute Gasteiger partial charge is 0.337 e. The Bertz CT molecular complexity index is 818. The minimum Gasteiger partial charge on any atom is -0.403 e. The van der Waals surface area contributed by atoms with Crippen molar-refractivity contribution in [2.45, 2.75) is 39.3 Å². The number of rotatable bonds is 5. The highest BCUT2D eigenvalue weighted by Crippen LogP contribution is 2.17. The lowest BCUT2D eigenvalue weighted by molar-refractivity contribution is 0.355. The van der Waals surface area contributed by atoms with Gasteiger partial charge in [-0.25, -0.2) is 13.6 Å². The van der Waals surface area contributed by atoms with Crippen molar-refractivity contribution in [3.8, 4) is 0 Å². The molecule has 1 unspecified atom stereocenters. The van der Waals surface area contributed by atoms with Crippen LogP contribution in [-0.4, -0.2) is 9.97 Å². The quantitative estimate of drug-likeness (QED) is 0.861. The summed E-state index contributed by atoms with van der Waals surface area (Å²) >= 11 is 0. The Hall–Kier alpha value is -2.31. The molecular formula is C15H16F2N2O3. The van der Waals surface area contributed by atoms with Crippen molar-refractivity contribution in [1.82, 2.24) is 9.97 Å². The van der Waals surface area contributed by atoms with Gasteiger partial charge in [0.05, 0.1) is 5.83 Å². The largest absolute Gasteiger partial charge is 0.403 e. The van der Waals surface area contributed by atoms with Crippen LogP contribution >= 0.6 is 0 Å². The Kier molecular flexibility index (Phi) is 4.85. The summed E-state index contributed by atoms with van der Waals surface area (Å²) in [5.74, 6) is -0.465. The van der Waals surface area contributed by atoms with Gasteiger partial charge >= 0.3 is 5.63 Å².